The van der Waals surface area contributed by atoms with Gasteiger partial charge in [0.05, 0.1) is 6.61 Å². The van der Waals surface area contributed by atoms with Crippen molar-refractivity contribution in [3.8, 4) is 0 Å². The summed E-state index contributed by atoms with van der Waals surface area (Å²) in [6.45, 7) is 0.439. The van der Waals surface area contributed by atoms with Crippen LogP contribution in [0.4, 0.5) is 0 Å². The normalized spacial score (nSPS) is 19.9. The molecule has 0 spiro atoms. The molecule has 1 heterocycles. The molecular weight excluding hydrogens is 244 g/mol. The molecule has 1 fully saturated rings. The molecule has 0 aliphatic carbocycles. The van der Waals surface area contributed by atoms with Crippen LogP contribution in [0.5, 0.6) is 0 Å². The van der Waals surface area contributed by atoms with Gasteiger partial charge in [0.1, 0.15) is 0 Å². The van der Waals surface area contributed by atoms with E-state index in [4.69, 9.17) is 9.84 Å². The van der Waals surface area contributed by atoms with Gasteiger partial charge in [0.25, 0.3) is 0 Å². The topological polar surface area (TPSA) is 46.5 Å². The lowest BCUT2D eigenvalue weighted by Crippen LogP contribution is -2.07. The molecule has 1 aliphatic rings. The van der Waals surface area contributed by atoms with E-state index in [1.807, 2.05) is 21.6 Å². The second-order valence-electron chi connectivity index (χ2n) is 3.87. The SMILES string of the molecule is O=C(CCCCC1CCSS1)OCCCO. The van der Waals surface area contributed by atoms with E-state index in [1.54, 1.807) is 0 Å². The van der Waals surface area contributed by atoms with Crippen molar-refractivity contribution >= 4 is 27.6 Å². The van der Waals surface area contributed by atoms with E-state index >= 15 is 0 Å². The number of aliphatic hydroxyl groups is 1. The third kappa shape index (κ3) is 6.66. The first-order chi connectivity index (χ1) is 7.83. The van der Waals surface area contributed by atoms with Crippen molar-refractivity contribution in [1.29, 1.82) is 0 Å². The Labute approximate surface area is 105 Å². The van der Waals surface area contributed by atoms with Gasteiger partial charge in [-0.05, 0) is 19.3 Å². The number of hydrogen-bond donors (Lipinski definition) is 1. The van der Waals surface area contributed by atoms with Gasteiger partial charge in [-0.2, -0.15) is 0 Å². The van der Waals surface area contributed by atoms with Crippen LogP contribution in [-0.4, -0.2) is 35.3 Å². The summed E-state index contributed by atoms with van der Waals surface area (Å²) in [5.74, 6) is 1.15. The summed E-state index contributed by atoms with van der Waals surface area (Å²) in [5, 5.41) is 9.32. The van der Waals surface area contributed by atoms with Gasteiger partial charge in [0.15, 0.2) is 0 Å². The summed E-state index contributed by atoms with van der Waals surface area (Å²) in [4.78, 5) is 11.2. The van der Waals surface area contributed by atoms with E-state index in [0.717, 1.165) is 18.1 Å². The summed E-state index contributed by atoms with van der Waals surface area (Å²) in [6.07, 6.45) is 5.66. The highest BCUT2D eigenvalue weighted by molar-refractivity contribution is 8.77. The lowest BCUT2D eigenvalue weighted by molar-refractivity contribution is -0.144. The summed E-state index contributed by atoms with van der Waals surface area (Å²) < 4.78 is 4.95. The van der Waals surface area contributed by atoms with Crippen LogP contribution in [0.3, 0.4) is 0 Å². The summed E-state index contributed by atoms with van der Waals surface area (Å²) >= 11 is 0. The number of carbonyl (C=O) groups is 1. The highest BCUT2D eigenvalue weighted by Gasteiger charge is 2.15. The second kappa shape index (κ2) is 9.19. The average Bonchev–Trinajstić information content (AvgIpc) is 2.78. The zero-order valence-electron chi connectivity index (χ0n) is 9.52. The van der Waals surface area contributed by atoms with Gasteiger partial charge in [0, 0.05) is 30.5 Å². The summed E-state index contributed by atoms with van der Waals surface area (Å²) in [6, 6.07) is 0. The van der Waals surface area contributed by atoms with Crippen molar-refractivity contribution in [1.82, 2.24) is 0 Å². The maximum absolute atomic E-state index is 11.2. The fraction of sp³-hybridized carbons (Fsp3) is 0.909. The predicted molar refractivity (Wildman–Crippen MR) is 69.6 cm³/mol. The highest BCUT2D eigenvalue weighted by Crippen LogP contribution is 2.39. The van der Waals surface area contributed by atoms with Gasteiger partial charge >= 0.3 is 5.97 Å². The molecule has 0 aromatic heterocycles. The molecular formula is C11H20O3S2. The molecule has 16 heavy (non-hydrogen) atoms. The second-order valence-corrected chi connectivity index (χ2v) is 6.66. The molecule has 1 rings (SSSR count). The maximum atomic E-state index is 11.2. The quantitative estimate of drug-likeness (QED) is 0.415. The number of hydrogen-bond acceptors (Lipinski definition) is 5. The molecule has 1 atom stereocenters. The average molecular weight is 264 g/mol. The molecule has 0 radical (unpaired) electrons. The minimum absolute atomic E-state index is 0.0872. The van der Waals surface area contributed by atoms with Crippen LogP contribution in [-0.2, 0) is 9.53 Å². The van der Waals surface area contributed by atoms with E-state index in [9.17, 15) is 4.79 Å². The lowest BCUT2D eigenvalue weighted by atomic mass is 10.1. The van der Waals surface area contributed by atoms with Gasteiger partial charge in [0.2, 0.25) is 0 Å². The van der Waals surface area contributed by atoms with Gasteiger partial charge < -0.3 is 9.84 Å². The fourth-order valence-electron chi connectivity index (χ4n) is 1.53. The Morgan fingerprint density at radius 2 is 2.25 bits per heavy atom. The van der Waals surface area contributed by atoms with E-state index in [2.05, 4.69) is 0 Å². The molecule has 1 saturated heterocycles. The first-order valence-electron chi connectivity index (χ1n) is 5.87. The number of carbonyl (C=O) groups excluding carboxylic acids is 1. The minimum atomic E-state index is -0.123. The molecule has 0 amide bonds. The molecule has 1 aliphatic heterocycles. The Bertz CT molecular complexity index is 194. The third-order valence-corrected chi connectivity index (χ3v) is 5.46. The Morgan fingerprint density at radius 1 is 1.38 bits per heavy atom. The van der Waals surface area contributed by atoms with Crippen molar-refractivity contribution in [3.05, 3.63) is 0 Å². The maximum Gasteiger partial charge on any atom is 0.305 e. The molecule has 0 aromatic carbocycles. The Morgan fingerprint density at radius 3 is 2.94 bits per heavy atom. The number of ether oxygens (including phenoxy) is 1. The molecule has 0 saturated carbocycles. The first kappa shape index (κ1) is 14.2. The van der Waals surface area contributed by atoms with Gasteiger partial charge in [-0.3, -0.25) is 4.79 Å². The van der Waals surface area contributed by atoms with Crippen molar-refractivity contribution in [3.63, 3.8) is 0 Å². The van der Waals surface area contributed by atoms with Crippen LogP contribution in [0.15, 0.2) is 0 Å². The Hall–Kier alpha value is 0.130. The van der Waals surface area contributed by atoms with Gasteiger partial charge in [-0.25, -0.2) is 0 Å². The van der Waals surface area contributed by atoms with Crippen molar-refractivity contribution < 1.29 is 14.6 Å². The lowest BCUT2D eigenvalue weighted by Gasteiger charge is -2.06. The highest BCUT2D eigenvalue weighted by atomic mass is 33.1. The summed E-state index contributed by atoms with van der Waals surface area (Å²) in [7, 11) is 3.95. The first-order valence-corrected chi connectivity index (χ1v) is 8.26. The number of aliphatic hydroxyl groups excluding tert-OH is 1. The molecule has 0 bridgehead atoms. The van der Waals surface area contributed by atoms with Crippen LogP contribution in [0, 0.1) is 0 Å². The van der Waals surface area contributed by atoms with Crippen LogP contribution in [0.25, 0.3) is 0 Å². The smallest absolute Gasteiger partial charge is 0.305 e. The van der Waals surface area contributed by atoms with Crippen molar-refractivity contribution in [2.45, 2.75) is 43.8 Å². The minimum Gasteiger partial charge on any atom is -0.466 e. The number of unbranched alkanes of at least 4 members (excludes halogenated alkanes) is 1. The van der Waals surface area contributed by atoms with Gasteiger partial charge in [-0.15, -0.1) is 0 Å². The standard InChI is InChI=1S/C11H20O3S2/c12-7-3-8-14-11(13)5-2-1-4-10-6-9-15-16-10/h10,12H,1-9H2. The third-order valence-electron chi connectivity index (χ3n) is 2.45. The Kier molecular flexibility index (Phi) is 8.15. The molecule has 3 nitrogen and oxygen atoms in total. The molecule has 1 N–H and O–H groups in total. The van der Waals surface area contributed by atoms with Crippen molar-refractivity contribution in [2.75, 3.05) is 19.0 Å². The van der Waals surface area contributed by atoms with E-state index < -0.39 is 0 Å². The van der Waals surface area contributed by atoms with E-state index in [0.29, 0.717) is 19.4 Å². The predicted octanol–water partition coefficient (Wildman–Crippen LogP) is 2.63. The van der Waals surface area contributed by atoms with Crippen LogP contribution in [0.1, 0.15) is 38.5 Å². The zero-order chi connectivity index (χ0) is 11.6. The zero-order valence-corrected chi connectivity index (χ0v) is 11.2. The number of rotatable bonds is 8. The van der Waals surface area contributed by atoms with Crippen LogP contribution < -0.4 is 0 Å². The van der Waals surface area contributed by atoms with Gasteiger partial charge in [-0.1, -0.05) is 28.0 Å². The van der Waals surface area contributed by atoms with E-state index in [1.165, 1.54) is 18.6 Å². The largest absolute Gasteiger partial charge is 0.466 e. The number of esters is 1. The van der Waals surface area contributed by atoms with E-state index in [-0.39, 0.29) is 12.6 Å². The monoisotopic (exact) mass is 264 g/mol. The summed E-state index contributed by atoms with van der Waals surface area (Å²) in [5.41, 5.74) is 0. The van der Waals surface area contributed by atoms with Crippen molar-refractivity contribution in [2.24, 2.45) is 0 Å². The molecule has 5 heteroatoms. The van der Waals surface area contributed by atoms with Crippen LogP contribution in [0.2, 0.25) is 0 Å². The molecule has 94 valence electrons. The Balaban J connectivity index is 1.87. The fourth-order valence-corrected chi connectivity index (χ4v) is 4.56. The molecule has 1 unspecified atom stereocenters. The molecule has 0 aromatic rings. The van der Waals surface area contributed by atoms with Crippen LogP contribution >= 0.6 is 21.6 Å².